The van der Waals surface area contributed by atoms with E-state index >= 15 is 0 Å². The Bertz CT molecular complexity index is 1980. The van der Waals surface area contributed by atoms with Crippen molar-refractivity contribution >= 4 is 52.4 Å². The molecule has 0 spiro atoms. The molecule has 2 aromatic heterocycles. The molecule has 2 aliphatic heterocycles. The number of hydrogen-bond acceptors (Lipinski definition) is 7. The Hall–Kier alpha value is -4.35. The first kappa shape index (κ1) is 34.1. The minimum absolute atomic E-state index is 0.260. The molecular formula is C38H38Cl2N6O4. The number of carboxylic acid groups (broad SMARTS) is 1. The SMILES string of the molecule is CN1CCc2cc(C(=O)Nc3cccc(-c4cccc(NC(=O)c5cc(C6CC6)c(CN6CCCC[C@H]6C(=O)O)cn5)c4Cl)c3Cl)ncc2C1. The third-order valence-electron chi connectivity index (χ3n) is 9.85. The number of carbonyl (C=O) groups is 3. The van der Waals surface area contributed by atoms with Crippen molar-refractivity contribution in [1.82, 2.24) is 19.8 Å². The highest BCUT2D eigenvalue weighted by Gasteiger charge is 2.32. The van der Waals surface area contributed by atoms with E-state index in [2.05, 4.69) is 32.5 Å². The molecule has 12 heteroatoms. The van der Waals surface area contributed by atoms with Crippen LogP contribution in [0.15, 0.2) is 60.9 Å². The number of rotatable bonds is 9. The number of likely N-dealkylation sites (tertiary alicyclic amines) is 1. The van der Waals surface area contributed by atoms with E-state index in [-0.39, 0.29) is 16.6 Å². The van der Waals surface area contributed by atoms with E-state index in [1.54, 1.807) is 48.8 Å². The number of aromatic nitrogens is 2. The van der Waals surface area contributed by atoms with Crippen LogP contribution < -0.4 is 10.6 Å². The van der Waals surface area contributed by atoms with Crippen LogP contribution in [-0.2, 0) is 24.3 Å². The molecule has 10 nitrogen and oxygen atoms in total. The van der Waals surface area contributed by atoms with Crippen molar-refractivity contribution in [3.63, 3.8) is 0 Å². The Balaban J connectivity index is 1.08. The summed E-state index contributed by atoms with van der Waals surface area (Å²) in [5, 5.41) is 16.2. The summed E-state index contributed by atoms with van der Waals surface area (Å²) in [6.45, 7) is 2.94. The van der Waals surface area contributed by atoms with E-state index in [1.165, 1.54) is 0 Å². The van der Waals surface area contributed by atoms with Crippen molar-refractivity contribution < 1.29 is 19.5 Å². The second kappa shape index (κ2) is 14.5. The number of nitrogens with zero attached hydrogens (tertiary/aromatic N) is 4. The minimum Gasteiger partial charge on any atom is -0.480 e. The van der Waals surface area contributed by atoms with Crippen LogP contribution in [0, 0.1) is 0 Å². The highest BCUT2D eigenvalue weighted by molar-refractivity contribution is 6.40. The maximum Gasteiger partial charge on any atom is 0.320 e. The van der Waals surface area contributed by atoms with Gasteiger partial charge >= 0.3 is 5.97 Å². The van der Waals surface area contributed by atoms with Gasteiger partial charge < -0.3 is 20.6 Å². The Morgan fingerprint density at radius 1 is 0.840 bits per heavy atom. The number of piperidine rings is 1. The summed E-state index contributed by atoms with van der Waals surface area (Å²) in [5.74, 6) is -1.23. The normalized spacial score (nSPS) is 17.9. The topological polar surface area (TPSA) is 128 Å². The molecule has 3 N–H and O–H groups in total. The molecule has 2 amide bonds. The lowest BCUT2D eigenvalue weighted by Gasteiger charge is -2.33. The van der Waals surface area contributed by atoms with Crippen LogP contribution in [0.4, 0.5) is 11.4 Å². The molecule has 1 saturated carbocycles. The number of carboxylic acids is 1. The lowest BCUT2D eigenvalue weighted by molar-refractivity contribution is -0.144. The van der Waals surface area contributed by atoms with Gasteiger partial charge in [-0.25, -0.2) is 0 Å². The largest absolute Gasteiger partial charge is 0.480 e. The first-order chi connectivity index (χ1) is 24.2. The molecule has 50 heavy (non-hydrogen) atoms. The molecule has 4 heterocycles. The molecule has 1 saturated heterocycles. The predicted octanol–water partition coefficient (Wildman–Crippen LogP) is 7.26. The van der Waals surface area contributed by atoms with E-state index in [4.69, 9.17) is 23.2 Å². The van der Waals surface area contributed by atoms with Crippen LogP contribution in [0.5, 0.6) is 0 Å². The van der Waals surface area contributed by atoms with Crippen molar-refractivity contribution in [2.75, 3.05) is 30.8 Å². The van der Waals surface area contributed by atoms with Crippen molar-refractivity contribution in [2.24, 2.45) is 0 Å². The molecule has 7 rings (SSSR count). The molecule has 1 atom stereocenters. The van der Waals surface area contributed by atoms with Crippen LogP contribution in [-0.4, -0.2) is 68.8 Å². The van der Waals surface area contributed by atoms with Crippen LogP contribution in [0.3, 0.4) is 0 Å². The number of nitrogens with one attached hydrogen (secondary N) is 2. The number of aliphatic carboxylic acids is 1. The van der Waals surface area contributed by atoms with Gasteiger partial charge in [0.2, 0.25) is 0 Å². The van der Waals surface area contributed by atoms with Gasteiger partial charge in [-0.05, 0) is 98.1 Å². The van der Waals surface area contributed by atoms with E-state index in [9.17, 15) is 19.5 Å². The number of fused-ring (bicyclic) bond motifs is 1. The zero-order chi connectivity index (χ0) is 34.9. The lowest BCUT2D eigenvalue weighted by Crippen LogP contribution is -2.44. The second-order valence-corrected chi connectivity index (χ2v) is 14.2. The summed E-state index contributed by atoms with van der Waals surface area (Å²) in [6, 6.07) is 13.8. The first-order valence-corrected chi connectivity index (χ1v) is 17.7. The number of likely N-dealkylation sites (N-methyl/N-ethyl adjacent to an activating group) is 1. The molecule has 0 unspecified atom stereocenters. The van der Waals surface area contributed by atoms with Gasteiger partial charge in [0, 0.05) is 43.2 Å². The molecule has 2 fully saturated rings. The van der Waals surface area contributed by atoms with Gasteiger partial charge in [-0.15, -0.1) is 0 Å². The Morgan fingerprint density at radius 3 is 2.12 bits per heavy atom. The maximum absolute atomic E-state index is 13.5. The van der Waals surface area contributed by atoms with E-state index < -0.39 is 17.9 Å². The van der Waals surface area contributed by atoms with Crippen LogP contribution in [0.1, 0.15) is 81.3 Å². The van der Waals surface area contributed by atoms with Crippen molar-refractivity contribution in [1.29, 1.82) is 0 Å². The van der Waals surface area contributed by atoms with Crippen molar-refractivity contribution in [3.05, 3.63) is 105 Å². The summed E-state index contributed by atoms with van der Waals surface area (Å²) in [5.41, 5.74) is 6.80. The van der Waals surface area contributed by atoms with Crippen LogP contribution in [0.2, 0.25) is 10.0 Å². The number of pyridine rings is 2. The van der Waals surface area contributed by atoms with E-state index in [0.717, 1.165) is 74.0 Å². The van der Waals surface area contributed by atoms with Gasteiger partial charge in [-0.1, -0.05) is 53.9 Å². The molecule has 0 bridgehead atoms. The number of benzene rings is 2. The van der Waals surface area contributed by atoms with E-state index in [1.807, 2.05) is 17.0 Å². The number of halogens is 2. The molecule has 0 radical (unpaired) electrons. The molecule has 258 valence electrons. The van der Waals surface area contributed by atoms with Crippen LogP contribution in [0.25, 0.3) is 11.1 Å². The Kier molecular flexibility index (Phi) is 9.88. The number of hydrogen-bond donors (Lipinski definition) is 3. The fraction of sp³-hybridized carbons (Fsp3) is 0.342. The maximum atomic E-state index is 13.5. The van der Waals surface area contributed by atoms with Gasteiger partial charge in [-0.3, -0.25) is 29.3 Å². The molecule has 3 aliphatic rings. The Morgan fingerprint density at radius 2 is 1.48 bits per heavy atom. The standard InChI is InChI=1S/C38H38Cl2N6O4/c1-45-15-13-23-16-31(41-18-24(23)20-45)36(47)43-29-8-4-6-26(34(29)39)27-7-5-9-30(35(27)40)44-37(48)32-17-28(22-11-12-22)25(19-42-32)21-46-14-3-2-10-33(46)38(49)50/h4-9,16-19,22,33H,2-3,10-15,20-21H2,1H3,(H,43,47)(H,44,48)(H,49,50)/t33-/m0/s1. The molecular weight excluding hydrogens is 675 g/mol. The van der Waals surface area contributed by atoms with Crippen molar-refractivity contribution in [2.45, 2.75) is 63.6 Å². The quantitative estimate of drug-likeness (QED) is 0.166. The van der Waals surface area contributed by atoms with E-state index in [0.29, 0.717) is 52.1 Å². The summed E-state index contributed by atoms with van der Waals surface area (Å²) in [4.78, 5) is 51.8. The third kappa shape index (κ3) is 7.25. The molecule has 1 aliphatic carbocycles. The zero-order valence-corrected chi connectivity index (χ0v) is 29.2. The van der Waals surface area contributed by atoms with Gasteiger partial charge in [0.05, 0.1) is 21.4 Å². The highest BCUT2D eigenvalue weighted by Crippen LogP contribution is 2.43. The number of anilines is 2. The van der Waals surface area contributed by atoms with Gasteiger partial charge in [-0.2, -0.15) is 0 Å². The fourth-order valence-electron chi connectivity index (χ4n) is 6.96. The van der Waals surface area contributed by atoms with Gasteiger partial charge in [0.15, 0.2) is 0 Å². The second-order valence-electron chi connectivity index (χ2n) is 13.4. The first-order valence-electron chi connectivity index (χ1n) is 17.0. The average Bonchev–Trinajstić information content (AvgIpc) is 3.96. The smallest absolute Gasteiger partial charge is 0.320 e. The molecule has 4 aromatic rings. The summed E-state index contributed by atoms with van der Waals surface area (Å²) >= 11 is 13.8. The summed E-state index contributed by atoms with van der Waals surface area (Å²) in [7, 11) is 2.06. The number of amides is 2. The molecule has 2 aromatic carbocycles. The Labute approximate surface area is 300 Å². The third-order valence-corrected chi connectivity index (χ3v) is 10.7. The monoisotopic (exact) mass is 712 g/mol. The summed E-state index contributed by atoms with van der Waals surface area (Å²) < 4.78 is 0. The average molecular weight is 714 g/mol. The fourth-order valence-corrected chi connectivity index (χ4v) is 7.51. The zero-order valence-electron chi connectivity index (χ0n) is 27.7. The van der Waals surface area contributed by atoms with Crippen molar-refractivity contribution in [3.8, 4) is 11.1 Å². The highest BCUT2D eigenvalue weighted by atomic mass is 35.5. The minimum atomic E-state index is -0.797. The summed E-state index contributed by atoms with van der Waals surface area (Å²) in [6.07, 6.45) is 8.89. The lowest BCUT2D eigenvalue weighted by atomic mass is 9.99. The van der Waals surface area contributed by atoms with Gasteiger partial charge in [0.1, 0.15) is 17.4 Å². The number of carbonyl (C=O) groups excluding carboxylic acids is 2. The van der Waals surface area contributed by atoms with Gasteiger partial charge in [0.25, 0.3) is 11.8 Å². The predicted molar refractivity (Wildman–Crippen MR) is 194 cm³/mol. The van der Waals surface area contributed by atoms with Crippen LogP contribution >= 0.6 is 23.2 Å².